The molecule has 6 rings (SSSR count). The van der Waals surface area contributed by atoms with Crippen LogP contribution in [0.5, 0.6) is 0 Å². The van der Waals surface area contributed by atoms with Crippen LogP contribution in [0, 0.1) is 0 Å². The van der Waals surface area contributed by atoms with Gasteiger partial charge in [0, 0.05) is 15.2 Å². The molecule has 0 radical (unpaired) electrons. The molecule has 0 N–H and O–H groups in total. The van der Waals surface area contributed by atoms with Gasteiger partial charge in [0.2, 0.25) is 0 Å². The van der Waals surface area contributed by atoms with Gasteiger partial charge in [-0.15, -0.1) is 0 Å². The largest absolute Gasteiger partial charge is 0.456 e. The van der Waals surface area contributed by atoms with Crippen LogP contribution in [0.3, 0.4) is 0 Å². The minimum Gasteiger partial charge on any atom is -0.456 e. The average molecular weight is 582 g/mol. The number of rotatable bonds is 7. The Bertz CT molecular complexity index is 1830. The molecule has 2 heteroatoms. The highest BCUT2D eigenvalue weighted by Crippen LogP contribution is 2.47. The summed E-state index contributed by atoms with van der Waals surface area (Å²) in [7, 11) is 0. The number of benzene rings is 5. The van der Waals surface area contributed by atoms with E-state index in [1.807, 2.05) is 24.3 Å². The smallest absolute Gasteiger partial charge is 0.136 e. The fraction of sp³-hybridized carbons (Fsp3) is 0.0526. The predicted octanol–water partition coefficient (Wildman–Crippen LogP) is 11.0. The zero-order chi connectivity index (χ0) is 27.5. The Morgan fingerprint density at radius 3 is 2.02 bits per heavy atom. The maximum absolute atomic E-state index is 6.15. The van der Waals surface area contributed by atoms with E-state index in [4.69, 9.17) is 4.42 Å². The maximum Gasteiger partial charge on any atom is 0.136 e. The third-order valence-electron chi connectivity index (χ3n) is 7.64. The molecule has 0 saturated carbocycles. The van der Waals surface area contributed by atoms with Crippen molar-refractivity contribution in [1.82, 2.24) is 0 Å². The minimum absolute atomic E-state index is 0.526. The zero-order valence-corrected chi connectivity index (χ0v) is 23.9. The number of fused-ring (bicyclic) bond motifs is 3. The van der Waals surface area contributed by atoms with E-state index in [2.05, 4.69) is 151 Å². The fourth-order valence-corrected chi connectivity index (χ4v) is 6.44. The monoisotopic (exact) mass is 580 g/mol. The first-order valence-corrected chi connectivity index (χ1v) is 14.2. The lowest BCUT2D eigenvalue weighted by Crippen LogP contribution is -2.31. The van der Waals surface area contributed by atoms with Crippen LogP contribution in [-0.4, -0.2) is 0 Å². The first kappa shape index (κ1) is 25.9. The summed E-state index contributed by atoms with van der Waals surface area (Å²) >= 11 is 3.73. The van der Waals surface area contributed by atoms with Crippen LogP contribution in [0.1, 0.15) is 23.6 Å². The maximum atomic E-state index is 6.15. The molecule has 0 aliphatic rings. The first-order chi connectivity index (χ1) is 19.7. The molecule has 0 amide bonds. The van der Waals surface area contributed by atoms with Gasteiger partial charge in [-0.2, -0.15) is 0 Å². The Hall–Kier alpha value is -4.40. The lowest BCUT2D eigenvalue weighted by atomic mass is 9.64. The second kappa shape index (κ2) is 11.0. The van der Waals surface area contributed by atoms with Crippen LogP contribution in [0.25, 0.3) is 33.1 Å². The zero-order valence-electron chi connectivity index (χ0n) is 22.3. The Morgan fingerprint density at radius 1 is 0.700 bits per heavy atom. The van der Waals surface area contributed by atoms with Crippen molar-refractivity contribution >= 4 is 37.9 Å². The summed E-state index contributed by atoms with van der Waals surface area (Å²) in [5.74, 6) is 0. The van der Waals surface area contributed by atoms with Crippen molar-refractivity contribution in [2.75, 3.05) is 0 Å². The number of hydrogen-bond donors (Lipinski definition) is 0. The molecule has 0 saturated heterocycles. The van der Waals surface area contributed by atoms with E-state index >= 15 is 0 Å². The lowest BCUT2D eigenvalue weighted by molar-refractivity contribution is 0.669. The Labute approximate surface area is 243 Å². The Kier molecular flexibility index (Phi) is 7.11. The van der Waals surface area contributed by atoms with Crippen molar-refractivity contribution in [3.05, 3.63) is 179 Å². The van der Waals surface area contributed by atoms with E-state index in [1.165, 1.54) is 22.3 Å². The van der Waals surface area contributed by atoms with E-state index in [1.54, 1.807) is 0 Å². The van der Waals surface area contributed by atoms with Gasteiger partial charge in [-0.3, -0.25) is 0 Å². The second-order valence-corrected chi connectivity index (χ2v) is 10.7. The van der Waals surface area contributed by atoms with Crippen LogP contribution >= 0.6 is 15.9 Å². The van der Waals surface area contributed by atoms with Crippen molar-refractivity contribution in [1.29, 1.82) is 0 Å². The second-order valence-electron chi connectivity index (χ2n) is 9.83. The van der Waals surface area contributed by atoms with Gasteiger partial charge in [0.15, 0.2) is 0 Å². The Balaban J connectivity index is 1.63. The molecule has 0 bridgehead atoms. The van der Waals surface area contributed by atoms with Gasteiger partial charge in [-0.1, -0.05) is 138 Å². The molecule has 0 aliphatic carbocycles. The number of furan rings is 1. The third kappa shape index (κ3) is 4.35. The molecule has 0 atom stereocenters. The molecule has 0 spiro atoms. The average Bonchev–Trinajstić information content (AvgIpc) is 3.39. The molecule has 0 fully saturated rings. The molecular weight excluding hydrogens is 552 g/mol. The summed E-state index contributed by atoms with van der Waals surface area (Å²) < 4.78 is 7.18. The van der Waals surface area contributed by atoms with Gasteiger partial charge in [0.05, 0.1) is 5.41 Å². The lowest BCUT2D eigenvalue weighted by Gasteiger charge is -2.38. The number of halogens is 1. The van der Waals surface area contributed by atoms with E-state index < -0.39 is 5.41 Å². The quantitative estimate of drug-likeness (QED) is 0.135. The van der Waals surface area contributed by atoms with Crippen molar-refractivity contribution in [2.45, 2.75) is 12.3 Å². The third-order valence-corrected chi connectivity index (χ3v) is 8.30. The first-order valence-electron chi connectivity index (χ1n) is 13.5. The van der Waals surface area contributed by atoms with Crippen LogP contribution in [-0.2, 0) is 5.41 Å². The van der Waals surface area contributed by atoms with E-state index in [0.29, 0.717) is 0 Å². The van der Waals surface area contributed by atoms with Crippen LogP contribution in [0.4, 0.5) is 0 Å². The summed E-state index contributed by atoms with van der Waals surface area (Å²) in [4.78, 5) is 0. The van der Waals surface area contributed by atoms with Crippen molar-refractivity contribution in [3.63, 3.8) is 0 Å². The van der Waals surface area contributed by atoms with E-state index in [9.17, 15) is 0 Å². The molecule has 40 heavy (non-hydrogen) atoms. The van der Waals surface area contributed by atoms with Gasteiger partial charge in [0.25, 0.3) is 0 Å². The fourth-order valence-electron chi connectivity index (χ4n) is 5.88. The highest BCUT2D eigenvalue weighted by atomic mass is 79.9. The van der Waals surface area contributed by atoms with Gasteiger partial charge in [-0.05, 0) is 70.6 Å². The number of allylic oxidation sites excluding steroid dienone is 5. The number of hydrogen-bond acceptors (Lipinski definition) is 1. The molecule has 5 aromatic carbocycles. The van der Waals surface area contributed by atoms with E-state index in [0.717, 1.165) is 37.5 Å². The molecule has 194 valence electrons. The molecule has 0 aliphatic heterocycles. The summed E-state index contributed by atoms with van der Waals surface area (Å²) in [6, 6.07) is 43.1. The highest BCUT2D eigenvalue weighted by molar-refractivity contribution is 9.10. The van der Waals surface area contributed by atoms with Crippen LogP contribution < -0.4 is 0 Å². The van der Waals surface area contributed by atoms with Crippen molar-refractivity contribution in [3.8, 4) is 11.1 Å². The molecule has 1 heterocycles. The predicted molar refractivity (Wildman–Crippen MR) is 173 cm³/mol. The van der Waals surface area contributed by atoms with Gasteiger partial charge in [-0.25, -0.2) is 0 Å². The standard InChI is InChI=1S/C38H29BrO/c1-3-5-15-29(4-2)38(30-16-8-6-9-17-30,31-18-10-7-11-19-31)32-20-12-14-27(25-32)28-23-24-35-33(26-28)37-34(39)21-13-22-36(37)40-35/h3-26H,1H2,2H3/b15-5-,29-4+. The van der Waals surface area contributed by atoms with Crippen molar-refractivity contribution in [2.24, 2.45) is 0 Å². The minimum atomic E-state index is -0.526. The molecular formula is C38H29BrO. The van der Waals surface area contributed by atoms with Crippen LogP contribution in [0.2, 0.25) is 0 Å². The van der Waals surface area contributed by atoms with Gasteiger partial charge in [0.1, 0.15) is 11.2 Å². The summed E-state index contributed by atoms with van der Waals surface area (Å²) in [6.07, 6.45) is 8.26. The topological polar surface area (TPSA) is 13.1 Å². The molecule has 6 aromatic rings. The summed E-state index contributed by atoms with van der Waals surface area (Å²) in [5, 5.41) is 2.20. The molecule has 1 aromatic heterocycles. The van der Waals surface area contributed by atoms with Gasteiger partial charge < -0.3 is 4.42 Å². The summed E-state index contributed by atoms with van der Waals surface area (Å²) in [5.41, 5.74) is 8.34. The van der Waals surface area contributed by atoms with E-state index in [-0.39, 0.29) is 0 Å². The molecule has 0 unspecified atom stereocenters. The Morgan fingerprint density at radius 2 is 1.35 bits per heavy atom. The van der Waals surface area contributed by atoms with Crippen LogP contribution in [0.15, 0.2) is 167 Å². The molecule has 1 nitrogen and oxygen atoms in total. The van der Waals surface area contributed by atoms with Crippen molar-refractivity contribution < 1.29 is 4.42 Å². The highest BCUT2D eigenvalue weighted by Gasteiger charge is 2.38. The summed E-state index contributed by atoms with van der Waals surface area (Å²) in [6.45, 7) is 6.06. The normalized spacial score (nSPS) is 12.4. The SMILES string of the molecule is C=C/C=C\C(=C/C)C(c1ccccc1)(c1ccccc1)c1cccc(-c2ccc3oc4cccc(Br)c4c3c2)c1. The van der Waals surface area contributed by atoms with Gasteiger partial charge >= 0.3 is 0 Å².